The largest absolute Gasteiger partial charge is 0.292 e. The van der Waals surface area contributed by atoms with Gasteiger partial charge in [0.05, 0.1) is 17.1 Å². The highest BCUT2D eigenvalue weighted by Crippen LogP contribution is 2.33. The van der Waals surface area contributed by atoms with Gasteiger partial charge in [0.1, 0.15) is 5.69 Å². The number of para-hydroxylation sites is 1. The van der Waals surface area contributed by atoms with E-state index in [4.69, 9.17) is 0 Å². The molecule has 0 spiro atoms. The molecule has 1 unspecified atom stereocenters. The second-order valence-corrected chi connectivity index (χ2v) is 5.39. The van der Waals surface area contributed by atoms with Gasteiger partial charge in [-0.05, 0) is 36.6 Å². The number of nitrogens with zero attached hydrogens (tertiary/aromatic N) is 2. The second kappa shape index (κ2) is 4.77. The average molecular weight is 274 g/mol. The summed E-state index contributed by atoms with van der Waals surface area (Å²) in [5, 5.41) is 1.05. The Hall–Kier alpha value is -2.55. The molecule has 0 amide bonds. The number of carbonyl (C=O) groups excluding carboxylic acids is 1. The maximum atomic E-state index is 12.8. The summed E-state index contributed by atoms with van der Waals surface area (Å²) in [6.07, 6.45) is 3.52. The molecule has 1 aliphatic carbocycles. The van der Waals surface area contributed by atoms with Crippen molar-refractivity contribution in [2.24, 2.45) is 0 Å². The first kappa shape index (κ1) is 12.2. The minimum absolute atomic E-state index is 0.0817. The molecular weight excluding hydrogens is 260 g/mol. The van der Waals surface area contributed by atoms with Crippen molar-refractivity contribution >= 4 is 16.7 Å². The van der Waals surface area contributed by atoms with Crippen LogP contribution in [0.25, 0.3) is 10.9 Å². The van der Waals surface area contributed by atoms with Gasteiger partial charge in [-0.15, -0.1) is 0 Å². The van der Waals surface area contributed by atoms with Crippen LogP contribution in [0.2, 0.25) is 0 Å². The first-order chi connectivity index (χ1) is 10.3. The summed E-state index contributed by atoms with van der Waals surface area (Å²) in [5.74, 6) is -0.0620. The number of fused-ring (bicyclic) bond motifs is 2. The molecule has 2 aromatic heterocycles. The van der Waals surface area contributed by atoms with E-state index in [9.17, 15) is 4.79 Å². The highest BCUT2D eigenvalue weighted by atomic mass is 16.1. The van der Waals surface area contributed by atoms with E-state index in [0.717, 1.165) is 29.4 Å². The van der Waals surface area contributed by atoms with Crippen molar-refractivity contribution in [3.05, 3.63) is 71.7 Å². The molecule has 1 atom stereocenters. The van der Waals surface area contributed by atoms with Crippen molar-refractivity contribution in [3.63, 3.8) is 0 Å². The van der Waals surface area contributed by atoms with Crippen LogP contribution >= 0.6 is 0 Å². The molecule has 1 aliphatic rings. The van der Waals surface area contributed by atoms with Gasteiger partial charge in [-0.3, -0.25) is 9.78 Å². The third kappa shape index (κ3) is 2.02. The fourth-order valence-corrected chi connectivity index (χ4v) is 3.05. The minimum Gasteiger partial charge on any atom is -0.292 e. The van der Waals surface area contributed by atoms with Crippen LogP contribution < -0.4 is 0 Å². The van der Waals surface area contributed by atoms with Crippen molar-refractivity contribution < 1.29 is 4.79 Å². The molecule has 2 heterocycles. The minimum atomic E-state index is -0.144. The highest BCUT2D eigenvalue weighted by molar-refractivity contribution is 6.01. The Bertz CT molecular complexity index is 841. The van der Waals surface area contributed by atoms with Crippen LogP contribution in [0.5, 0.6) is 0 Å². The van der Waals surface area contributed by atoms with E-state index >= 15 is 0 Å². The summed E-state index contributed by atoms with van der Waals surface area (Å²) in [6, 6.07) is 15.6. The highest BCUT2D eigenvalue weighted by Gasteiger charge is 2.31. The fraction of sp³-hybridized carbons (Fsp3) is 0.167. The van der Waals surface area contributed by atoms with Crippen LogP contribution in [0.1, 0.15) is 34.1 Å². The molecule has 3 nitrogen and oxygen atoms in total. The zero-order valence-electron chi connectivity index (χ0n) is 11.5. The van der Waals surface area contributed by atoms with E-state index < -0.39 is 0 Å². The van der Waals surface area contributed by atoms with E-state index in [1.165, 1.54) is 5.56 Å². The number of benzene rings is 1. The molecule has 3 aromatic rings. The summed E-state index contributed by atoms with van der Waals surface area (Å²) >= 11 is 0. The molecule has 0 bridgehead atoms. The van der Waals surface area contributed by atoms with Crippen molar-refractivity contribution in [2.45, 2.75) is 18.8 Å². The normalized spacial score (nSPS) is 16.9. The summed E-state index contributed by atoms with van der Waals surface area (Å²) in [7, 11) is 0. The molecule has 1 aromatic carbocycles. The van der Waals surface area contributed by atoms with Crippen molar-refractivity contribution in [3.8, 4) is 0 Å². The van der Waals surface area contributed by atoms with Crippen LogP contribution in [-0.4, -0.2) is 15.8 Å². The number of hydrogen-bond donors (Lipinski definition) is 0. The molecule has 0 aliphatic heterocycles. The standard InChI is InChI=1S/C18H14N2O/c21-18(14-9-7-13-5-3-11-19-17(13)14)16-10-8-12-4-1-2-6-15(12)20-16/h1-6,8,10-11,14H,7,9H2. The van der Waals surface area contributed by atoms with Gasteiger partial charge in [-0.1, -0.05) is 30.3 Å². The number of pyridine rings is 2. The monoisotopic (exact) mass is 274 g/mol. The van der Waals surface area contributed by atoms with Crippen LogP contribution in [0.3, 0.4) is 0 Å². The quantitative estimate of drug-likeness (QED) is 0.671. The van der Waals surface area contributed by atoms with Crippen LogP contribution in [-0.2, 0) is 6.42 Å². The molecule has 0 N–H and O–H groups in total. The van der Waals surface area contributed by atoms with Crippen LogP contribution in [0, 0.1) is 0 Å². The summed E-state index contributed by atoms with van der Waals surface area (Å²) in [6.45, 7) is 0. The van der Waals surface area contributed by atoms with E-state index in [1.807, 2.05) is 42.5 Å². The molecule has 0 saturated heterocycles. The molecule has 0 fully saturated rings. The molecular formula is C18H14N2O. The third-order valence-electron chi connectivity index (χ3n) is 4.13. The Morgan fingerprint density at radius 2 is 1.95 bits per heavy atom. The van der Waals surface area contributed by atoms with E-state index in [-0.39, 0.29) is 11.7 Å². The van der Waals surface area contributed by atoms with E-state index in [0.29, 0.717) is 5.69 Å². The van der Waals surface area contributed by atoms with Gasteiger partial charge < -0.3 is 0 Å². The van der Waals surface area contributed by atoms with Crippen molar-refractivity contribution in [1.82, 2.24) is 9.97 Å². The lowest BCUT2D eigenvalue weighted by Gasteiger charge is -2.09. The zero-order chi connectivity index (χ0) is 14.2. The Balaban J connectivity index is 1.74. The van der Waals surface area contributed by atoms with Gasteiger partial charge in [-0.25, -0.2) is 4.98 Å². The number of ketones is 1. The maximum Gasteiger partial charge on any atom is 0.190 e. The van der Waals surface area contributed by atoms with Crippen LogP contribution in [0.15, 0.2) is 54.7 Å². The van der Waals surface area contributed by atoms with Gasteiger partial charge in [0, 0.05) is 11.6 Å². The Morgan fingerprint density at radius 1 is 1.05 bits per heavy atom. The zero-order valence-corrected chi connectivity index (χ0v) is 11.5. The number of carbonyl (C=O) groups is 1. The summed E-state index contributed by atoms with van der Waals surface area (Å²) in [5.41, 5.74) is 3.52. The Kier molecular flexibility index (Phi) is 2.78. The summed E-state index contributed by atoms with van der Waals surface area (Å²) in [4.78, 5) is 21.7. The average Bonchev–Trinajstić information content (AvgIpc) is 2.98. The first-order valence-electron chi connectivity index (χ1n) is 7.17. The number of hydrogen-bond acceptors (Lipinski definition) is 3. The lowest BCUT2D eigenvalue weighted by molar-refractivity contribution is 0.0953. The second-order valence-electron chi connectivity index (χ2n) is 5.39. The fourth-order valence-electron chi connectivity index (χ4n) is 3.05. The predicted octanol–water partition coefficient (Wildman–Crippen LogP) is 3.54. The Morgan fingerprint density at radius 3 is 2.90 bits per heavy atom. The van der Waals surface area contributed by atoms with Gasteiger partial charge >= 0.3 is 0 Å². The number of aromatic nitrogens is 2. The number of aryl methyl sites for hydroxylation is 1. The molecule has 21 heavy (non-hydrogen) atoms. The smallest absolute Gasteiger partial charge is 0.190 e. The first-order valence-corrected chi connectivity index (χ1v) is 7.17. The maximum absolute atomic E-state index is 12.8. The molecule has 4 rings (SSSR count). The predicted molar refractivity (Wildman–Crippen MR) is 81.4 cm³/mol. The molecule has 0 radical (unpaired) electrons. The van der Waals surface area contributed by atoms with Gasteiger partial charge in [0.25, 0.3) is 0 Å². The Labute approximate surface area is 122 Å². The van der Waals surface area contributed by atoms with Gasteiger partial charge in [0.15, 0.2) is 5.78 Å². The third-order valence-corrected chi connectivity index (χ3v) is 4.13. The molecule has 3 heteroatoms. The molecule has 102 valence electrons. The SMILES string of the molecule is O=C(c1ccc2ccccc2n1)C1CCc2cccnc21. The number of Topliss-reactive ketones (excluding diaryl/α,β-unsaturated/α-hetero) is 1. The van der Waals surface area contributed by atoms with E-state index in [2.05, 4.69) is 16.0 Å². The van der Waals surface area contributed by atoms with Gasteiger partial charge in [-0.2, -0.15) is 0 Å². The summed E-state index contributed by atoms with van der Waals surface area (Å²) < 4.78 is 0. The lowest BCUT2D eigenvalue weighted by atomic mass is 9.98. The van der Waals surface area contributed by atoms with Crippen molar-refractivity contribution in [1.29, 1.82) is 0 Å². The molecule has 0 saturated carbocycles. The van der Waals surface area contributed by atoms with Crippen molar-refractivity contribution in [2.75, 3.05) is 0 Å². The van der Waals surface area contributed by atoms with Crippen LogP contribution in [0.4, 0.5) is 0 Å². The number of rotatable bonds is 2. The topological polar surface area (TPSA) is 42.9 Å². The lowest BCUT2D eigenvalue weighted by Crippen LogP contribution is -2.13. The van der Waals surface area contributed by atoms with Gasteiger partial charge in [0.2, 0.25) is 0 Å². The van der Waals surface area contributed by atoms with E-state index in [1.54, 1.807) is 6.20 Å².